The summed E-state index contributed by atoms with van der Waals surface area (Å²) in [6, 6.07) is 0. The summed E-state index contributed by atoms with van der Waals surface area (Å²) < 4.78 is 0. The summed E-state index contributed by atoms with van der Waals surface area (Å²) >= 11 is 0. The van der Waals surface area contributed by atoms with E-state index in [4.69, 9.17) is 10.2 Å². The second kappa shape index (κ2) is 5.98. The van der Waals surface area contributed by atoms with Crippen molar-refractivity contribution < 1.29 is 15.0 Å². The molecule has 0 spiro atoms. The first-order chi connectivity index (χ1) is 7.24. The van der Waals surface area contributed by atoms with Gasteiger partial charge in [0.2, 0.25) is 0 Å². The summed E-state index contributed by atoms with van der Waals surface area (Å²) in [4.78, 5) is 14.8. The average molecular weight is 212 g/mol. The minimum absolute atomic E-state index is 0.285. The zero-order chi connectivity index (χ0) is 11.1. The zero-order valence-corrected chi connectivity index (χ0v) is 8.42. The molecule has 15 heavy (non-hydrogen) atoms. The van der Waals surface area contributed by atoms with Crippen LogP contribution in [0.4, 0.5) is 0 Å². The number of allylic oxidation sites excluding steroid dienone is 2. The molecule has 0 aliphatic carbocycles. The molecule has 0 saturated heterocycles. The second-order valence-corrected chi connectivity index (χ2v) is 3.11. The van der Waals surface area contributed by atoms with E-state index in [-0.39, 0.29) is 6.61 Å². The van der Waals surface area contributed by atoms with Crippen LogP contribution in [0.2, 0.25) is 0 Å². The molecule has 0 fully saturated rings. The van der Waals surface area contributed by atoms with Gasteiger partial charge in [0, 0.05) is 17.6 Å². The van der Waals surface area contributed by atoms with E-state index in [1.54, 1.807) is 12.3 Å². The number of nitrogens with one attached hydrogen (secondary N) is 1. The SMILES string of the molecule is O=C([OH2+])C1=CC(=CC=NCC[OH2+])CCN1. The summed E-state index contributed by atoms with van der Waals surface area (Å²) in [6.45, 7) is 1.46. The number of hydrogen-bond donors (Lipinski definition) is 1. The Labute approximate surface area is 87.8 Å². The van der Waals surface area contributed by atoms with Crippen molar-refractivity contribution in [1.29, 1.82) is 0 Å². The van der Waals surface area contributed by atoms with Crippen LogP contribution in [0.15, 0.2) is 28.4 Å². The number of carbonyl (C=O) groups is 1. The highest BCUT2D eigenvalue weighted by Gasteiger charge is 2.18. The molecule has 1 aliphatic heterocycles. The molecule has 5 heteroatoms. The van der Waals surface area contributed by atoms with Crippen molar-refractivity contribution in [1.82, 2.24) is 5.32 Å². The first-order valence-electron chi connectivity index (χ1n) is 4.79. The maximum atomic E-state index is 10.8. The fraction of sp³-hybridized carbons (Fsp3) is 0.400. The lowest BCUT2D eigenvalue weighted by atomic mass is 10.1. The highest BCUT2D eigenvalue weighted by molar-refractivity contribution is 5.87. The maximum Gasteiger partial charge on any atom is 0.565 e. The van der Waals surface area contributed by atoms with Gasteiger partial charge in [-0.2, -0.15) is 0 Å². The smallest absolute Gasteiger partial charge is 0.560 e. The van der Waals surface area contributed by atoms with E-state index in [2.05, 4.69) is 10.3 Å². The number of carbonyl (C=O) groups excluding carboxylic acids is 1. The number of aliphatic imine (C=N–C) groups is 1. The highest BCUT2D eigenvalue weighted by Crippen LogP contribution is 2.10. The van der Waals surface area contributed by atoms with E-state index in [1.807, 2.05) is 6.08 Å². The van der Waals surface area contributed by atoms with Gasteiger partial charge in [-0.1, -0.05) is 0 Å². The first-order valence-corrected chi connectivity index (χ1v) is 4.79. The fourth-order valence-corrected chi connectivity index (χ4v) is 1.21. The third-order valence-electron chi connectivity index (χ3n) is 1.94. The molecule has 82 valence electrons. The van der Waals surface area contributed by atoms with E-state index in [0.29, 0.717) is 18.8 Å². The summed E-state index contributed by atoms with van der Waals surface area (Å²) in [6.07, 6.45) is 5.96. The third-order valence-corrected chi connectivity index (χ3v) is 1.94. The van der Waals surface area contributed by atoms with Gasteiger partial charge in [-0.25, -0.2) is 0 Å². The van der Waals surface area contributed by atoms with Gasteiger partial charge in [-0.3, -0.25) is 4.99 Å². The first kappa shape index (κ1) is 11.5. The Morgan fingerprint density at radius 1 is 1.67 bits per heavy atom. The number of rotatable bonds is 4. The van der Waals surface area contributed by atoms with Crippen LogP contribution in [-0.4, -0.2) is 42.1 Å². The molecule has 5 nitrogen and oxygen atoms in total. The topological polar surface area (TPSA) is 87.3 Å². The van der Waals surface area contributed by atoms with E-state index in [9.17, 15) is 4.79 Å². The van der Waals surface area contributed by atoms with Gasteiger partial charge >= 0.3 is 5.97 Å². The van der Waals surface area contributed by atoms with Crippen molar-refractivity contribution >= 4 is 12.2 Å². The quantitative estimate of drug-likeness (QED) is 0.470. The standard InChI is InChI=1S/C10H14N2O3/c13-6-5-11-3-1-8-2-4-12-9(7-8)10(14)15/h1,3,7,12-13H,2,4-6H2,(H,14,15)/p+2. The third kappa shape index (κ3) is 3.95. The molecule has 0 aromatic heterocycles. The fourth-order valence-electron chi connectivity index (χ4n) is 1.21. The van der Waals surface area contributed by atoms with Crippen molar-refractivity contribution in [2.24, 2.45) is 4.99 Å². The van der Waals surface area contributed by atoms with Crippen LogP contribution in [0, 0.1) is 0 Å². The Kier molecular flexibility index (Phi) is 4.56. The van der Waals surface area contributed by atoms with Crippen molar-refractivity contribution in [2.45, 2.75) is 6.42 Å². The maximum absolute atomic E-state index is 10.8. The molecule has 0 aromatic carbocycles. The van der Waals surface area contributed by atoms with Gasteiger partial charge in [0.05, 0.1) is 0 Å². The van der Waals surface area contributed by atoms with Crippen LogP contribution >= 0.6 is 0 Å². The summed E-state index contributed by atoms with van der Waals surface area (Å²) in [5.74, 6) is -0.691. The lowest BCUT2D eigenvalue weighted by Crippen LogP contribution is -2.25. The van der Waals surface area contributed by atoms with Crippen molar-refractivity contribution in [3.8, 4) is 0 Å². The molecule has 5 N–H and O–H groups in total. The van der Waals surface area contributed by atoms with Crippen LogP contribution in [0.1, 0.15) is 6.42 Å². The summed E-state index contributed by atoms with van der Waals surface area (Å²) in [5, 5.41) is 16.7. The summed E-state index contributed by atoms with van der Waals surface area (Å²) in [7, 11) is 0. The lowest BCUT2D eigenvalue weighted by molar-refractivity contribution is -0.133. The Hall–Kier alpha value is -1.62. The van der Waals surface area contributed by atoms with Crippen LogP contribution in [0.3, 0.4) is 0 Å². The summed E-state index contributed by atoms with van der Waals surface area (Å²) in [5.41, 5.74) is 1.32. The zero-order valence-electron chi connectivity index (χ0n) is 8.42. The van der Waals surface area contributed by atoms with E-state index < -0.39 is 5.97 Å². The monoisotopic (exact) mass is 212 g/mol. The molecule has 0 saturated carbocycles. The minimum Gasteiger partial charge on any atom is -0.560 e. The van der Waals surface area contributed by atoms with Gasteiger partial charge in [0.15, 0.2) is 12.3 Å². The molecule has 0 radical (unpaired) electrons. The van der Waals surface area contributed by atoms with E-state index in [0.717, 1.165) is 12.0 Å². The largest absolute Gasteiger partial charge is 0.565 e. The number of hydrogen-bond acceptors (Lipinski definition) is 3. The second-order valence-electron chi connectivity index (χ2n) is 3.11. The molecule has 0 aromatic rings. The van der Waals surface area contributed by atoms with Crippen molar-refractivity contribution in [3.05, 3.63) is 23.4 Å². The minimum atomic E-state index is -0.691. The molecular formula is C10H16N2O3+2. The Bertz CT molecular complexity index is 319. The average Bonchev–Trinajstić information content (AvgIpc) is 2.25. The molecular weight excluding hydrogens is 196 g/mol. The van der Waals surface area contributed by atoms with E-state index in [1.165, 1.54) is 0 Å². The van der Waals surface area contributed by atoms with Crippen molar-refractivity contribution in [2.75, 3.05) is 19.7 Å². The highest BCUT2D eigenvalue weighted by atomic mass is 16.4. The number of nitrogens with zero attached hydrogens (tertiary/aromatic N) is 1. The van der Waals surface area contributed by atoms with Crippen LogP contribution in [-0.2, 0) is 4.79 Å². The van der Waals surface area contributed by atoms with Gasteiger partial charge in [0.1, 0.15) is 6.54 Å². The van der Waals surface area contributed by atoms with Crippen LogP contribution in [0.5, 0.6) is 0 Å². The Morgan fingerprint density at radius 2 is 2.47 bits per heavy atom. The molecule has 0 amide bonds. The van der Waals surface area contributed by atoms with Gasteiger partial charge in [-0.15, -0.1) is 0 Å². The predicted octanol–water partition coefficient (Wildman–Crippen LogP) is -1.16. The Morgan fingerprint density at radius 3 is 3.13 bits per heavy atom. The molecule has 0 bridgehead atoms. The molecule has 0 unspecified atom stereocenters. The van der Waals surface area contributed by atoms with Gasteiger partial charge in [0.25, 0.3) is 0 Å². The van der Waals surface area contributed by atoms with Crippen molar-refractivity contribution in [3.63, 3.8) is 0 Å². The van der Waals surface area contributed by atoms with Crippen LogP contribution < -0.4 is 5.32 Å². The molecule has 1 aliphatic rings. The molecule has 0 atom stereocenters. The Balaban J connectivity index is 2.62. The lowest BCUT2D eigenvalue weighted by Gasteiger charge is -2.11. The van der Waals surface area contributed by atoms with Gasteiger partial charge in [-0.05, 0) is 24.1 Å². The predicted molar refractivity (Wildman–Crippen MR) is 59.2 cm³/mol. The normalized spacial score (nSPS) is 19.0. The van der Waals surface area contributed by atoms with Crippen LogP contribution in [0.25, 0.3) is 0 Å². The molecule has 1 heterocycles. The molecule has 1 rings (SSSR count). The van der Waals surface area contributed by atoms with E-state index >= 15 is 0 Å². The van der Waals surface area contributed by atoms with Gasteiger partial charge < -0.3 is 15.5 Å².